The van der Waals surface area contributed by atoms with Gasteiger partial charge in [0, 0.05) is 13.1 Å². The molecule has 3 heteroatoms. The van der Waals surface area contributed by atoms with Crippen molar-refractivity contribution in [2.75, 3.05) is 26.2 Å². The molecular formula is C14H27N3. The molecule has 1 aliphatic rings. The fraction of sp³-hybridized carbons (Fsp3) is 0.929. The van der Waals surface area contributed by atoms with Crippen LogP contribution >= 0.6 is 0 Å². The summed E-state index contributed by atoms with van der Waals surface area (Å²) in [6.07, 6.45) is 4.86. The second-order valence-electron chi connectivity index (χ2n) is 5.26. The molecule has 0 saturated carbocycles. The van der Waals surface area contributed by atoms with Gasteiger partial charge in [0.05, 0.1) is 12.1 Å². The van der Waals surface area contributed by atoms with Crippen molar-refractivity contribution in [3.05, 3.63) is 0 Å². The normalized spacial score (nSPS) is 21.3. The van der Waals surface area contributed by atoms with Crippen LogP contribution in [0.5, 0.6) is 0 Å². The first-order chi connectivity index (χ1) is 8.19. The van der Waals surface area contributed by atoms with Crippen LogP contribution in [-0.4, -0.2) is 37.1 Å². The van der Waals surface area contributed by atoms with E-state index in [9.17, 15) is 0 Å². The zero-order chi connectivity index (χ0) is 12.7. The molecule has 0 amide bonds. The van der Waals surface area contributed by atoms with Crippen molar-refractivity contribution in [3.8, 4) is 6.07 Å². The summed E-state index contributed by atoms with van der Waals surface area (Å²) in [7, 11) is 0. The molecule has 1 rings (SSSR count). The monoisotopic (exact) mass is 237 g/mol. The van der Waals surface area contributed by atoms with Crippen molar-refractivity contribution < 1.29 is 0 Å². The lowest BCUT2D eigenvalue weighted by molar-refractivity contribution is 0.236. The van der Waals surface area contributed by atoms with E-state index in [0.717, 1.165) is 19.5 Å². The van der Waals surface area contributed by atoms with E-state index in [2.05, 4.69) is 37.1 Å². The third kappa shape index (κ3) is 3.97. The zero-order valence-electron chi connectivity index (χ0n) is 11.6. The summed E-state index contributed by atoms with van der Waals surface area (Å²) in [4.78, 5) is 2.54. The summed E-state index contributed by atoms with van der Waals surface area (Å²) in [6, 6.07) is 2.36. The Hall–Kier alpha value is -0.590. The van der Waals surface area contributed by atoms with Gasteiger partial charge in [-0.1, -0.05) is 20.8 Å². The summed E-state index contributed by atoms with van der Waals surface area (Å²) in [5.41, 5.74) is 0.556. The molecule has 0 radical (unpaired) electrons. The van der Waals surface area contributed by atoms with Crippen molar-refractivity contribution in [2.24, 2.45) is 5.41 Å². The van der Waals surface area contributed by atoms with E-state index >= 15 is 0 Å². The highest BCUT2D eigenvalue weighted by atomic mass is 15.2. The molecular weight excluding hydrogens is 210 g/mol. The van der Waals surface area contributed by atoms with Gasteiger partial charge in [0.2, 0.25) is 0 Å². The van der Waals surface area contributed by atoms with Gasteiger partial charge in [-0.25, -0.2) is 0 Å². The van der Waals surface area contributed by atoms with Gasteiger partial charge in [0.1, 0.15) is 0 Å². The van der Waals surface area contributed by atoms with Crippen molar-refractivity contribution in [3.63, 3.8) is 0 Å². The number of hydrogen-bond acceptors (Lipinski definition) is 3. The largest absolute Gasteiger partial charge is 0.303 e. The minimum Gasteiger partial charge on any atom is -0.303 e. The number of hydrogen-bond donors (Lipinski definition) is 1. The molecule has 0 spiro atoms. The summed E-state index contributed by atoms with van der Waals surface area (Å²) in [5.74, 6) is 0. The summed E-state index contributed by atoms with van der Waals surface area (Å²) in [5, 5.41) is 12.2. The molecule has 1 fully saturated rings. The zero-order valence-corrected chi connectivity index (χ0v) is 11.6. The van der Waals surface area contributed by atoms with E-state index in [4.69, 9.17) is 5.26 Å². The highest BCUT2D eigenvalue weighted by Crippen LogP contribution is 2.36. The molecule has 0 aromatic carbocycles. The Balaban J connectivity index is 2.33. The molecule has 1 unspecified atom stereocenters. The fourth-order valence-corrected chi connectivity index (χ4v) is 2.82. The van der Waals surface area contributed by atoms with Gasteiger partial charge in [-0.2, -0.15) is 5.26 Å². The van der Waals surface area contributed by atoms with E-state index in [1.807, 2.05) is 0 Å². The van der Waals surface area contributed by atoms with Crippen LogP contribution in [0.4, 0.5) is 0 Å². The maximum absolute atomic E-state index is 9.00. The van der Waals surface area contributed by atoms with E-state index in [0.29, 0.717) is 5.41 Å². The molecule has 0 aromatic rings. The minimum absolute atomic E-state index is 0.0262. The lowest BCUT2D eigenvalue weighted by Crippen LogP contribution is -2.33. The maximum Gasteiger partial charge on any atom is 0.0965 e. The van der Waals surface area contributed by atoms with Gasteiger partial charge >= 0.3 is 0 Å². The van der Waals surface area contributed by atoms with Gasteiger partial charge in [0.25, 0.3) is 0 Å². The summed E-state index contributed by atoms with van der Waals surface area (Å²) in [6.45, 7) is 11.1. The molecule has 1 saturated heterocycles. The first-order valence-corrected chi connectivity index (χ1v) is 7.05. The topological polar surface area (TPSA) is 39.1 Å². The van der Waals surface area contributed by atoms with Crippen LogP contribution in [0, 0.1) is 16.7 Å². The van der Waals surface area contributed by atoms with Crippen molar-refractivity contribution in [1.29, 1.82) is 5.26 Å². The molecule has 0 aromatic heterocycles. The lowest BCUT2D eigenvalue weighted by atomic mass is 9.82. The molecule has 0 aliphatic carbocycles. The SMILES string of the molecule is CCNC(C#N)CCN1CCC(CC)(CC)C1. The predicted octanol–water partition coefficient (Wildman–Crippen LogP) is 2.39. The quantitative estimate of drug-likeness (QED) is 0.739. The van der Waals surface area contributed by atoms with Gasteiger partial charge in [-0.3, -0.25) is 0 Å². The Morgan fingerprint density at radius 2 is 2.06 bits per heavy atom. The van der Waals surface area contributed by atoms with E-state index in [1.165, 1.54) is 32.4 Å². The standard InChI is InChI=1S/C14H27N3/c1-4-14(5-2)8-10-17(12-14)9-7-13(11-15)16-6-3/h13,16H,4-10,12H2,1-3H3. The fourth-order valence-electron chi connectivity index (χ4n) is 2.82. The van der Waals surface area contributed by atoms with Crippen LogP contribution in [0.3, 0.4) is 0 Å². The molecule has 1 N–H and O–H groups in total. The Labute approximate surface area is 106 Å². The van der Waals surface area contributed by atoms with E-state index < -0.39 is 0 Å². The summed E-state index contributed by atoms with van der Waals surface area (Å²) < 4.78 is 0. The molecule has 1 atom stereocenters. The Morgan fingerprint density at radius 1 is 1.35 bits per heavy atom. The maximum atomic E-state index is 9.00. The molecule has 1 heterocycles. The minimum atomic E-state index is 0.0262. The highest BCUT2D eigenvalue weighted by molar-refractivity contribution is 4.92. The van der Waals surface area contributed by atoms with Crippen LogP contribution in [0.15, 0.2) is 0 Å². The second kappa shape index (κ2) is 6.98. The Bertz CT molecular complexity index is 253. The molecule has 17 heavy (non-hydrogen) atoms. The van der Waals surface area contributed by atoms with Gasteiger partial charge in [-0.15, -0.1) is 0 Å². The highest BCUT2D eigenvalue weighted by Gasteiger charge is 2.34. The third-order valence-electron chi connectivity index (χ3n) is 4.36. The number of nitrogens with zero attached hydrogens (tertiary/aromatic N) is 2. The second-order valence-corrected chi connectivity index (χ2v) is 5.26. The predicted molar refractivity (Wildman–Crippen MR) is 71.8 cm³/mol. The molecule has 0 bridgehead atoms. The van der Waals surface area contributed by atoms with Crippen molar-refractivity contribution in [1.82, 2.24) is 10.2 Å². The van der Waals surface area contributed by atoms with Crippen LogP contribution in [0.1, 0.15) is 46.5 Å². The van der Waals surface area contributed by atoms with Crippen LogP contribution in [-0.2, 0) is 0 Å². The van der Waals surface area contributed by atoms with E-state index in [1.54, 1.807) is 0 Å². The number of rotatable bonds is 7. The third-order valence-corrected chi connectivity index (χ3v) is 4.36. The molecule has 3 nitrogen and oxygen atoms in total. The number of nitriles is 1. The first-order valence-electron chi connectivity index (χ1n) is 7.05. The lowest BCUT2D eigenvalue weighted by Gasteiger charge is -2.26. The smallest absolute Gasteiger partial charge is 0.0965 e. The van der Waals surface area contributed by atoms with Crippen molar-refractivity contribution in [2.45, 2.75) is 52.5 Å². The average Bonchev–Trinajstić information content (AvgIpc) is 2.79. The van der Waals surface area contributed by atoms with Gasteiger partial charge in [-0.05, 0) is 44.2 Å². The van der Waals surface area contributed by atoms with Gasteiger partial charge < -0.3 is 10.2 Å². The average molecular weight is 237 g/mol. The summed E-state index contributed by atoms with van der Waals surface area (Å²) >= 11 is 0. The Morgan fingerprint density at radius 3 is 2.53 bits per heavy atom. The number of nitrogens with one attached hydrogen (secondary N) is 1. The van der Waals surface area contributed by atoms with Crippen molar-refractivity contribution >= 4 is 0 Å². The first kappa shape index (κ1) is 14.5. The van der Waals surface area contributed by atoms with Crippen LogP contribution in [0.25, 0.3) is 0 Å². The van der Waals surface area contributed by atoms with E-state index in [-0.39, 0.29) is 6.04 Å². The van der Waals surface area contributed by atoms with Crippen LogP contribution < -0.4 is 5.32 Å². The van der Waals surface area contributed by atoms with Gasteiger partial charge in [0.15, 0.2) is 0 Å². The molecule has 98 valence electrons. The number of likely N-dealkylation sites (tertiary alicyclic amines) is 1. The molecule has 1 aliphatic heterocycles. The van der Waals surface area contributed by atoms with Crippen LogP contribution in [0.2, 0.25) is 0 Å². The Kier molecular flexibility index (Phi) is 5.94.